The molecule has 5 rings (SSSR count). The van der Waals surface area contributed by atoms with E-state index in [9.17, 15) is 4.79 Å². The Morgan fingerprint density at radius 2 is 2.00 bits per heavy atom. The van der Waals surface area contributed by atoms with Gasteiger partial charge in [-0.15, -0.1) is 0 Å². The normalized spacial score (nSPS) is 17.2. The van der Waals surface area contributed by atoms with Crippen LogP contribution in [0.4, 0.5) is 11.5 Å². The van der Waals surface area contributed by atoms with Gasteiger partial charge in [0.1, 0.15) is 11.6 Å². The van der Waals surface area contributed by atoms with Crippen molar-refractivity contribution in [1.82, 2.24) is 14.1 Å². The summed E-state index contributed by atoms with van der Waals surface area (Å²) < 4.78 is 20.1. The van der Waals surface area contributed by atoms with Gasteiger partial charge in [-0.1, -0.05) is 6.07 Å². The Morgan fingerprint density at radius 3 is 2.83 bits per heavy atom. The fourth-order valence-electron chi connectivity index (χ4n) is 4.20. The highest BCUT2D eigenvalue weighted by atomic mass is 16.7. The second kappa shape index (κ2) is 7.20. The van der Waals surface area contributed by atoms with Crippen molar-refractivity contribution in [1.29, 1.82) is 0 Å². The van der Waals surface area contributed by atoms with Crippen LogP contribution in [0.3, 0.4) is 0 Å². The van der Waals surface area contributed by atoms with E-state index in [0.29, 0.717) is 25.6 Å². The molecule has 8 nitrogen and oxygen atoms in total. The van der Waals surface area contributed by atoms with Crippen LogP contribution >= 0.6 is 0 Å². The minimum absolute atomic E-state index is 0.0130. The standard InChI is InChI=1S/C21H24N4O4/c1-13-3-4-18-15(11-28-12-29-18)20(13)23-19-9-16-17(10-22-19)24(2)21(26)25(16)14-5-7-27-8-6-14/h3-4,9-10,14H,5-8,11-12H2,1-2H3,(H,22,23). The zero-order chi connectivity index (χ0) is 20.0. The minimum Gasteiger partial charge on any atom is -0.467 e. The number of nitrogens with one attached hydrogen (secondary N) is 1. The average molecular weight is 396 g/mol. The summed E-state index contributed by atoms with van der Waals surface area (Å²) in [6.45, 7) is 4.15. The molecular weight excluding hydrogens is 372 g/mol. The Bertz CT molecular complexity index is 1130. The highest BCUT2D eigenvalue weighted by molar-refractivity contribution is 5.80. The Hall–Kier alpha value is -2.84. The molecular formula is C21H24N4O4. The Morgan fingerprint density at radius 1 is 1.17 bits per heavy atom. The summed E-state index contributed by atoms with van der Waals surface area (Å²) in [6, 6.07) is 6.08. The number of ether oxygens (including phenoxy) is 3. The van der Waals surface area contributed by atoms with Crippen molar-refractivity contribution in [2.75, 3.05) is 25.3 Å². The molecule has 0 unspecified atom stereocenters. The molecule has 2 aromatic heterocycles. The predicted molar refractivity (Wildman–Crippen MR) is 109 cm³/mol. The maximum atomic E-state index is 12.9. The van der Waals surface area contributed by atoms with E-state index in [1.807, 2.05) is 29.7 Å². The monoisotopic (exact) mass is 396 g/mol. The molecule has 0 atom stereocenters. The third-order valence-electron chi connectivity index (χ3n) is 5.81. The second-order valence-electron chi connectivity index (χ2n) is 7.58. The summed E-state index contributed by atoms with van der Waals surface area (Å²) in [6.07, 6.45) is 3.43. The lowest BCUT2D eigenvalue weighted by molar-refractivity contribution is -0.0159. The molecule has 1 fully saturated rings. The van der Waals surface area contributed by atoms with E-state index in [1.165, 1.54) is 0 Å². The summed E-state index contributed by atoms with van der Waals surface area (Å²) in [5.74, 6) is 1.51. The maximum Gasteiger partial charge on any atom is 0.329 e. The molecule has 4 heterocycles. The van der Waals surface area contributed by atoms with E-state index < -0.39 is 0 Å². The van der Waals surface area contributed by atoms with Gasteiger partial charge >= 0.3 is 5.69 Å². The number of pyridine rings is 1. The van der Waals surface area contributed by atoms with Crippen molar-refractivity contribution in [3.05, 3.63) is 46.0 Å². The van der Waals surface area contributed by atoms with E-state index >= 15 is 0 Å². The molecule has 0 bridgehead atoms. The fourth-order valence-corrected chi connectivity index (χ4v) is 4.20. The van der Waals surface area contributed by atoms with Gasteiger partial charge in [-0.25, -0.2) is 9.78 Å². The van der Waals surface area contributed by atoms with E-state index in [0.717, 1.165) is 46.4 Å². The van der Waals surface area contributed by atoms with Crippen LogP contribution in [-0.4, -0.2) is 34.1 Å². The van der Waals surface area contributed by atoms with Crippen molar-refractivity contribution < 1.29 is 14.2 Å². The molecule has 0 aliphatic carbocycles. The number of aromatic nitrogens is 3. The summed E-state index contributed by atoms with van der Waals surface area (Å²) in [5, 5.41) is 3.43. The predicted octanol–water partition coefficient (Wildman–Crippen LogP) is 3.01. The van der Waals surface area contributed by atoms with Crippen LogP contribution in [0.15, 0.2) is 29.2 Å². The first kappa shape index (κ1) is 18.2. The average Bonchev–Trinajstić information content (AvgIpc) is 3.00. The molecule has 0 spiro atoms. The van der Waals surface area contributed by atoms with Crippen molar-refractivity contribution in [3.8, 4) is 5.75 Å². The number of anilines is 2. The molecule has 0 saturated carbocycles. The van der Waals surface area contributed by atoms with Crippen LogP contribution in [0.2, 0.25) is 0 Å². The van der Waals surface area contributed by atoms with Crippen molar-refractivity contribution >= 4 is 22.5 Å². The lowest BCUT2D eigenvalue weighted by Crippen LogP contribution is -2.29. The minimum atomic E-state index is -0.0130. The summed E-state index contributed by atoms with van der Waals surface area (Å²) in [5.41, 5.74) is 4.69. The Kier molecular flexibility index (Phi) is 4.52. The van der Waals surface area contributed by atoms with Crippen molar-refractivity contribution in [2.24, 2.45) is 7.05 Å². The molecule has 0 radical (unpaired) electrons. The number of imidazole rings is 1. The largest absolute Gasteiger partial charge is 0.467 e. The molecule has 2 aliphatic heterocycles. The number of benzene rings is 1. The third-order valence-corrected chi connectivity index (χ3v) is 5.81. The molecule has 0 amide bonds. The summed E-state index contributed by atoms with van der Waals surface area (Å²) in [7, 11) is 1.79. The van der Waals surface area contributed by atoms with E-state index in [-0.39, 0.29) is 18.5 Å². The molecule has 1 saturated heterocycles. The quantitative estimate of drug-likeness (QED) is 0.733. The third kappa shape index (κ3) is 3.08. The molecule has 8 heteroatoms. The highest BCUT2D eigenvalue weighted by Gasteiger charge is 2.23. The molecule has 1 N–H and O–H groups in total. The van der Waals surface area contributed by atoms with Gasteiger partial charge in [0.25, 0.3) is 0 Å². The van der Waals surface area contributed by atoms with Crippen LogP contribution in [0.1, 0.15) is 30.0 Å². The zero-order valence-electron chi connectivity index (χ0n) is 16.6. The SMILES string of the molecule is Cc1ccc2c(c1Nc1cc3c(cn1)n(C)c(=O)n3C1CCOCC1)COCO2. The van der Waals surface area contributed by atoms with Gasteiger partial charge in [-0.2, -0.15) is 0 Å². The van der Waals surface area contributed by atoms with Crippen LogP contribution in [0, 0.1) is 6.92 Å². The van der Waals surface area contributed by atoms with Crippen LogP contribution in [0.5, 0.6) is 5.75 Å². The number of hydrogen-bond donors (Lipinski definition) is 1. The highest BCUT2D eigenvalue weighted by Crippen LogP contribution is 2.35. The second-order valence-corrected chi connectivity index (χ2v) is 7.58. The lowest BCUT2D eigenvalue weighted by Gasteiger charge is -2.24. The zero-order valence-corrected chi connectivity index (χ0v) is 16.6. The number of fused-ring (bicyclic) bond motifs is 2. The van der Waals surface area contributed by atoms with Gasteiger partial charge in [-0.05, 0) is 31.4 Å². The fraction of sp³-hybridized carbons (Fsp3) is 0.429. The number of nitrogens with zero attached hydrogens (tertiary/aromatic N) is 3. The van der Waals surface area contributed by atoms with Gasteiger partial charge < -0.3 is 19.5 Å². The molecule has 2 aliphatic rings. The van der Waals surface area contributed by atoms with Crippen LogP contribution in [0.25, 0.3) is 11.0 Å². The Balaban J connectivity index is 1.58. The number of rotatable bonds is 3. The molecule has 3 aromatic rings. The van der Waals surface area contributed by atoms with Crippen molar-refractivity contribution in [2.45, 2.75) is 32.4 Å². The summed E-state index contributed by atoms with van der Waals surface area (Å²) >= 11 is 0. The first-order chi connectivity index (χ1) is 14.1. The number of hydrogen-bond acceptors (Lipinski definition) is 6. The van der Waals surface area contributed by atoms with Gasteiger partial charge in [0.15, 0.2) is 6.79 Å². The smallest absolute Gasteiger partial charge is 0.329 e. The van der Waals surface area contributed by atoms with Crippen LogP contribution < -0.4 is 15.7 Å². The van der Waals surface area contributed by atoms with Gasteiger partial charge in [0, 0.05) is 37.9 Å². The van der Waals surface area contributed by atoms with Gasteiger partial charge in [-0.3, -0.25) is 9.13 Å². The topological polar surface area (TPSA) is 79.5 Å². The molecule has 152 valence electrons. The van der Waals surface area contributed by atoms with Gasteiger partial charge in [0.05, 0.1) is 29.5 Å². The maximum absolute atomic E-state index is 12.9. The number of aryl methyl sites for hydroxylation is 2. The summed E-state index contributed by atoms with van der Waals surface area (Å²) in [4.78, 5) is 17.5. The molecule has 1 aromatic carbocycles. The van der Waals surface area contributed by atoms with Crippen LogP contribution in [-0.2, 0) is 23.1 Å². The first-order valence-corrected chi connectivity index (χ1v) is 9.88. The van der Waals surface area contributed by atoms with E-state index in [2.05, 4.69) is 10.3 Å². The molecule has 29 heavy (non-hydrogen) atoms. The van der Waals surface area contributed by atoms with Gasteiger partial charge in [0.2, 0.25) is 0 Å². The van der Waals surface area contributed by atoms with E-state index in [4.69, 9.17) is 14.2 Å². The van der Waals surface area contributed by atoms with Crippen molar-refractivity contribution in [3.63, 3.8) is 0 Å². The van der Waals surface area contributed by atoms with E-state index in [1.54, 1.807) is 17.8 Å². The first-order valence-electron chi connectivity index (χ1n) is 9.88. The Labute approximate surface area is 168 Å². The lowest BCUT2D eigenvalue weighted by atomic mass is 10.1.